The highest BCUT2D eigenvalue weighted by atomic mass is 32.1. The second-order valence-corrected chi connectivity index (χ2v) is 5.51. The summed E-state index contributed by atoms with van der Waals surface area (Å²) < 4.78 is 7.48. The second-order valence-electron chi connectivity index (χ2n) is 4.67. The van der Waals surface area contributed by atoms with Crippen LogP contribution in [0.4, 0.5) is 0 Å². The molecule has 0 N–H and O–H groups in total. The van der Waals surface area contributed by atoms with Gasteiger partial charge in [-0.3, -0.25) is 9.38 Å². The van der Waals surface area contributed by atoms with Crippen LogP contribution in [0.2, 0.25) is 0 Å². The second kappa shape index (κ2) is 5.13. The third-order valence-electron chi connectivity index (χ3n) is 3.39. The van der Waals surface area contributed by atoms with Crippen LogP contribution in [0.25, 0.3) is 27.8 Å². The van der Waals surface area contributed by atoms with Gasteiger partial charge in [0.2, 0.25) is 0 Å². The molecule has 4 aromatic rings. The largest absolute Gasteiger partial charge is 0.463 e. The van der Waals surface area contributed by atoms with Gasteiger partial charge in [-0.15, -0.1) is 11.3 Å². The zero-order chi connectivity index (χ0) is 14.9. The smallest absolute Gasteiger partial charge is 0.195 e. The van der Waals surface area contributed by atoms with E-state index in [0.29, 0.717) is 0 Å². The lowest BCUT2D eigenvalue weighted by Gasteiger charge is -2.02. The highest BCUT2D eigenvalue weighted by Gasteiger charge is 2.20. The minimum absolute atomic E-state index is 0.261. The molecule has 4 aromatic heterocycles. The molecule has 6 heteroatoms. The Morgan fingerprint density at radius 1 is 1.27 bits per heavy atom. The van der Waals surface area contributed by atoms with Crippen LogP contribution in [0.1, 0.15) is 5.69 Å². The van der Waals surface area contributed by atoms with Crippen molar-refractivity contribution < 1.29 is 4.42 Å². The summed E-state index contributed by atoms with van der Waals surface area (Å²) in [6.45, 7) is 0. The van der Waals surface area contributed by atoms with Gasteiger partial charge in [0.25, 0.3) is 0 Å². The Bertz CT molecular complexity index is 961. The molecule has 0 aromatic carbocycles. The lowest BCUT2D eigenvalue weighted by Crippen LogP contribution is -1.95. The summed E-state index contributed by atoms with van der Waals surface area (Å²) >= 11 is 1.52. The average molecular weight is 306 g/mol. The topological polar surface area (TPSA) is 67.1 Å². The Balaban J connectivity index is 2.00. The predicted octanol–water partition coefficient (Wildman–Crippen LogP) is 3.78. The molecular weight excluding hydrogens is 296 g/mol. The van der Waals surface area contributed by atoms with Gasteiger partial charge >= 0.3 is 0 Å². The van der Waals surface area contributed by atoms with Crippen LogP contribution in [-0.2, 0) is 6.42 Å². The van der Waals surface area contributed by atoms with Gasteiger partial charge in [-0.1, -0.05) is 6.07 Å². The van der Waals surface area contributed by atoms with Gasteiger partial charge in [-0.05, 0) is 24.3 Å². The molecule has 106 valence electrons. The van der Waals surface area contributed by atoms with Crippen molar-refractivity contribution in [2.75, 3.05) is 0 Å². The van der Waals surface area contributed by atoms with Crippen LogP contribution < -0.4 is 0 Å². The summed E-state index contributed by atoms with van der Waals surface area (Å²) in [5.74, 6) is 0.760. The van der Waals surface area contributed by atoms with E-state index >= 15 is 0 Å². The molecule has 0 aliphatic rings. The fourth-order valence-electron chi connectivity index (χ4n) is 2.46. The fourth-order valence-corrected chi connectivity index (χ4v) is 3.35. The number of nitriles is 1. The summed E-state index contributed by atoms with van der Waals surface area (Å²) in [6, 6.07) is 11.6. The van der Waals surface area contributed by atoms with Gasteiger partial charge in [-0.2, -0.15) is 5.26 Å². The number of furan rings is 1. The van der Waals surface area contributed by atoms with Crippen molar-refractivity contribution in [1.82, 2.24) is 14.4 Å². The van der Waals surface area contributed by atoms with Crippen molar-refractivity contribution in [3.8, 4) is 28.9 Å². The first kappa shape index (κ1) is 12.8. The van der Waals surface area contributed by atoms with Crippen LogP contribution in [0.15, 0.2) is 52.6 Å². The number of imidazole rings is 1. The average Bonchev–Trinajstić information content (AvgIpc) is 3.25. The molecule has 0 bridgehead atoms. The maximum atomic E-state index is 9.20. The van der Waals surface area contributed by atoms with Crippen molar-refractivity contribution in [1.29, 1.82) is 5.26 Å². The summed E-state index contributed by atoms with van der Waals surface area (Å²) in [5.41, 5.74) is 3.27. The Morgan fingerprint density at radius 2 is 2.23 bits per heavy atom. The Hall–Kier alpha value is -2.91. The minimum Gasteiger partial charge on any atom is -0.463 e. The van der Waals surface area contributed by atoms with Crippen molar-refractivity contribution >= 4 is 16.3 Å². The van der Waals surface area contributed by atoms with E-state index in [9.17, 15) is 5.26 Å². The molecule has 0 spiro atoms. The van der Waals surface area contributed by atoms with Crippen LogP contribution >= 0.6 is 11.3 Å². The Labute approximate surface area is 130 Å². The lowest BCUT2D eigenvalue weighted by molar-refractivity contribution is 0.579. The SMILES string of the molecule is N#CCc1c(-c2ccccn2)nc2scc(-c3ccco3)n12. The van der Waals surface area contributed by atoms with E-state index in [1.807, 2.05) is 40.1 Å². The van der Waals surface area contributed by atoms with Gasteiger partial charge in [-0.25, -0.2) is 4.98 Å². The van der Waals surface area contributed by atoms with Gasteiger partial charge in [0.15, 0.2) is 10.7 Å². The van der Waals surface area contributed by atoms with E-state index in [1.54, 1.807) is 12.5 Å². The van der Waals surface area contributed by atoms with E-state index in [0.717, 1.165) is 33.5 Å². The normalized spacial score (nSPS) is 10.9. The zero-order valence-corrected chi connectivity index (χ0v) is 12.2. The van der Waals surface area contributed by atoms with Crippen molar-refractivity contribution in [3.05, 3.63) is 53.9 Å². The van der Waals surface area contributed by atoms with Crippen LogP contribution in [0, 0.1) is 11.3 Å². The quantitative estimate of drug-likeness (QED) is 0.577. The van der Waals surface area contributed by atoms with Crippen LogP contribution in [0.5, 0.6) is 0 Å². The molecule has 0 unspecified atom stereocenters. The van der Waals surface area contributed by atoms with Gasteiger partial charge in [0.05, 0.1) is 30.1 Å². The number of pyridine rings is 1. The van der Waals surface area contributed by atoms with E-state index in [4.69, 9.17) is 4.42 Å². The molecule has 0 aliphatic heterocycles. The van der Waals surface area contributed by atoms with Gasteiger partial charge < -0.3 is 4.42 Å². The minimum atomic E-state index is 0.261. The Morgan fingerprint density at radius 3 is 2.95 bits per heavy atom. The number of hydrogen-bond acceptors (Lipinski definition) is 5. The molecule has 0 amide bonds. The third kappa shape index (κ3) is 1.91. The number of hydrogen-bond donors (Lipinski definition) is 0. The first-order valence-electron chi connectivity index (χ1n) is 6.69. The highest BCUT2D eigenvalue weighted by Crippen LogP contribution is 2.32. The number of aromatic nitrogens is 3. The van der Waals surface area contributed by atoms with Crippen molar-refractivity contribution in [2.45, 2.75) is 6.42 Å². The highest BCUT2D eigenvalue weighted by molar-refractivity contribution is 7.15. The van der Waals surface area contributed by atoms with E-state index < -0.39 is 0 Å². The molecule has 0 atom stereocenters. The molecule has 0 saturated heterocycles. The molecule has 5 nitrogen and oxygen atoms in total. The number of fused-ring (bicyclic) bond motifs is 1. The monoisotopic (exact) mass is 306 g/mol. The molecule has 22 heavy (non-hydrogen) atoms. The third-order valence-corrected chi connectivity index (χ3v) is 4.21. The number of nitrogens with zero attached hydrogens (tertiary/aromatic N) is 4. The van der Waals surface area contributed by atoms with E-state index in [2.05, 4.69) is 16.0 Å². The summed E-state index contributed by atoms with van der Waals surface area (Å²) in [7, 11) is 0. The zero-order valence-electron chi connectivity index (χ0n) is 11.4. The molecule has 0 saturated carbocycles. The van der Waals surface area contributed by atoms with Gasteiger partial charge in [0, 0.05) is 11.6 Å². The summed E-state index contributed by atoms with van der Waals surface area (Å²) in [5, 5.41) is 11.2. The van der Waals surface area contributed by atoms with Crippen molar-refractivity contribution in [2.24, 2.45) is 0 Å². The lowest BCUT2D eigenvalue weighted by atomic mass is 10.2. The standard InChI is InChI=1S/C16H10N4OS/c17-7-6-12-15(11-4-1-2-8-18-11)19-16-20(12)13(10-22-16)14-5-3-9-21-14/h1-5,8-10H,6H2. The fraction of sp³-hybridized carbons (Fsp3) is 0.0625. The molecular formula is C16H10N4OS. The van der Waals surface area contributed by atoms with Gasteiger partial charge in [0.1, 0.15) is 11.4 Å². The Kier molecular flexibility index (Phi) is 2.99. The van der Waals surface area contributed by atoms with E-state index in [1.165, 1.54) is 11.3 Å². The molecule has 0 fully saturated rings. The molecule has 0 radical (unpaired) electrons. The van der Waals surface area contributed by atoms with Crippen LogP contribution in [-0.4, -0.2) is 14.4 Å². The summed E-state index contributed by atoms with van der Waals surface area (Å²) in [6.07, 6.45) is 3.63. The summed E-state index contributed by atoms with van der Waals surface area (Å²) in [4.78, 5) is 9.84. The number of rotatable bonds is 3. The van der Waals surface area contributed by atoms with Crippen LogP contribution in [0.3, 0.4) is 0 Å². The maximum Gasteiger partial charge on any atom is 0.195 e. The van der Waals surface area contributed by atoms with E-state index in [-0.39, 0.29) is 6.42 Å². The molecule has 4 heterocycles. The molecule has 0 aliphatic carbocycles. The first-order valence-corrected chi connectivity index (χ1v) is 7.57. The predicted molar refractivity (Wildman–Crippen MR) is 83.3 cm³/mol. The van der Waals surface area contributed by atoms with Crippen molar-refractivity contribution in [3.63, 3.8) is 0 Å². The number of thiazole rings is 1. The maximum absolute atomic E-state index is 9.20. The first-order chi connectivity index (χ1) is 10.9. The molecule has 4 rings (SSSR count).